The summed E-state index contributed by atoms with van der Waals surface area (Å²) < 4.78 is 28.5. The molecule has 24 heavy (non-hydrogen) atoms. The Kier molecular flexibility index (Phi) is 4.04. The van der Waals surface area contributed by atoms with E-state index in [1.165, 1.54) is 22.6 Å². The monoisotopic (exact) mass is 379 g/mol. The van der Waals surface area contributed by atoms with Gasteiger partial charge in [-0.1, -0.05) is 23.7 Å². The highest BCUT2D eigenvalue weighted by atomic mass is 35.5. The molecule has 124 valence electrons. The molecular weight excluding hydrogens is 366 g/mol. The van der Waals surface area contributed by atoms with Crippen molar-refractivity contribution in [3.05, 3.63) is 52.8 Å². The van der Waals surface area contributed by atoms with Crippen molar-refractivity contribution in [3.63, 3.8) is 0 Å². The van der Waals surface area contributed by atoms with Crippen LogP contribution in [0.3, 0.4) is 0 Å². The van der Waals surface area contributed by atoms with Crippen LogP contribution in [0.1, 0.15) is 23.9 Å². The molecule has 0 spiro atoms. The lowest BCUT2D eigenvalue weighted by Gasteiger charge is -2.22. The zero-order chi connectivity index (χ0) is 16.7. The molecule has 4 rings (SSSR count). The Hall–Kier alpha value is -1.54. The zero-order valence-electron chi connectivity index (χ0n) is 12.6. The molecule has 1 saturated heterocycles. The molecule has 5 nitrogen and oxygen atoms in total. The fourth-order valence-corrected chi connectivity index (χ4v) is 5.86. The van der Waals surface area contributed by atoms with Crippen LogP contribution in [-0.2, 0) is 10.0 Å². The number of hydrogen-bond acceptors (Lipinski definition) is 5. The highest BCUT2D eigenvalue weighted by Gasteiger charge is 2.38. The first-order valence-corrected chi connectivity index (χ1v) is 10.2. The number of nitrogens with zero attached hydrogens (tertiary/aromatic N) is 3. The van der Waals surface area contributed by atoms with Gasteiger partial charge >= 0.3 is 0 Å². The van der Waals surface area contributed by atoms with Gasteiger partial charge in [-0.2, -0.15) is 4.31 Å². The van der Waals surface area contributed by atoms with Crippen molar-refractivity contribution in [3.8, 4) is 0 Å². The maximum atomic E-state index is 13.0. The molecule has 1 aliphatic heterocycles. The van der Waals surface area contributed by atoms with Gasteiger partial charge in [0.15, 0.2) is 0 Å². The molecule has 1 unspecified atom stereocenters. The Morgan fingerprint density at radius 1 is 1.21 bits per heavy atom. The van der Waals surface area contributed by atoms with Gasteiger partial charge in [-0.15, -0.1) is 11.3 Å². The molecular formula is C16H14ClN3O2S2. The number of fused-ring (bicyclic) bond motifs is 1. The van der Waals surface area contributed by atoms with Gasteiger partial charge in [-0.3, -0.25) is 0 Å². The van der Waals surface area contributed by atoms with E-state index in [9.17, 15) is 8.42 Å². The van der Waals surface area contributed by atoms with Crippen molar-refractivity contribution < 1.29 is 8.42 Å². The Morgan fingerprint density at radius 2 is 2.04 bits per heavy atom. The van der Waals surface area contributed by atoms with E-state index in [0.717, 1.165) is 28.1 Å². The van der Waals surface area contributed by atoms with Crippen molar-refractivity contribution in [2.75, 3.05) is 6.54 Å². The standard InChI is InChI=1S/C16H14ClN3O2S2/c17-15-8-7-11(10-18-15)24(21,22)20-9-3-5-13(20)16-19-12-4-1-2-6-14(12)23-16/h1-2,4,6-8,10,13H,3,5,9H2. The molecule has 1 aromatic carbocycles. The molecule has 0 radical (unpaired) electrons. The number of rotatable bonds is 3. The number of aromatic nitrogens is 2. The summed E-state index contributed by atoms with van der Waals surface area (Å²) in [7, 11) is -3.61. The van der Waals surface area contributed by atoms with Crippen molar-refractivity contribution >= 4 is 43.2 Å². The average Bonchev–Trinajstić information content (AvgIpc) is 3.22. The Labute approximate surface area is 149 Å². The minimum atomic E-state index is -3.61. The number of hydrogen-bond donors (Lipinski definition) is 0. The number of halogens is 1. The second kappa shape index (κ2) is 6.07. The molecule has 0 saturated carbocycles. The fraction of sp³-hybridized carbons (Fsp3) is 0.250. The molecule has 1 atom stereocenters. The predicted molar refractivity (Wildman–Crippen MR) is 94.7 cm³/mol. The summed E-state index contributed by atoms with van der Waals surface area (Å²) in [6.07, 6.45) is 2.91. The van der Waals surface area contributed by atoms with E-state index in [1.54, 1.807) is 11.3 Å². The lowest BCUT2D eigenvalue weighted by atomic mass is 10.2. The van der Waals surface area contributed by atoms with Gasteiger partial charge in [-0.05, 0) is 37.1 Å². The summed E-state index contributed by atoms with van der Waals surface area (Å²) in [6.45, 7) is 0.492. The van der Waals surface area contributed by atoms with Gasteiger partial charge in [-0.25, -0.2) is 18.4 Å². The molecule has 1 fully saturated rings. The predicted octanol–water partition coefficient (Wildman–Crippen LogP) is 3.87. The van der Waals surface area contributed by atoms with Gasteiger partial charge in [0.2, 0.25) is 10.0 Å². The van der Waals surface area contributed by atoms with Gasteiger partial charge in [0, 0.05) is 12.7 Å². The van der Waals surface area contributed by atoms with Crippen molar-refractivity contribution in [2.45, 2.75) is 23.8 Å². The molecule has 0 N–H and O–H groups in total. The summed E-state index contributed by atoms with van der Waals surface area (Å²) in [4.78, 5) is 8.70. The van der Waals surface area contributed by atoms with Crippen LogP contribution in [0.15, 0.2) is 47.5 Å². The van der Waals surface area contributed by atoms with Crippen LogP contribution in [-0.4, -0.2) is 29.2 Å². The Bertz CT molecular complexity index is 953. The summed E-state index contributed by atoms with van der Waals surface area (Å²) in [5, 5.41) is 1.12. The van der Waals surface area contributed by atoms with Crippen molar-refractivity contribution in [2.24, 2.45) is 0 Å². The number of thiazole rings is 1. The first-order valence-electron chi connectivity index (χ1n) is 7.54. The molecule has 0 bridgehead atoms. The summed E-state index contributed by atoms with van der Waals surface area (Å²) in [5.41, 5.74) is 0.912. The molecule has 0 amide bonds. The second-order valence-corrected chi connectivity index (χ2v) is 8.95. The fourth-order valence-electron chi connectivity index (χ4n) is 2.96. The Morgan fingerprint density at radius 3 is 2.79 bits per heavy atom. The normalized spacial score (nSPS) is 19.1. The van der Waals surface area contributed by atoms with Crippen molar-refractivity contribution in [1.82, 2.24) is 14.3 Å². The van der Waals surface area contributed by atoms with E-state index >= 15 is 0 Å². The van der Waals surface area contributed by atoms with Crippen LogP contribution >= 0.6 is 22.9 Å². The number of sulfonamides is 1. The van der Waals surface area contributed by atoms with Crippen molar-refractivity contribution in [1.29, 1.82) is 0 Å². The van der Waals surface area contributed by atoms with Crippen LogP contribution in [0.4, 0.5) is 0 Å². The minimum Gasteiger partial charge on any atom is -0.243 e. The van der Waals surface area contributed by atoms with E-state index in [0.29, 0.717) is 6.54 Å². The van der Waals surface area contributed by atoms with Crippen LogP contribution in [0.5, 0.6) is 0 Å². The molecule has 1 aliphatic rings. The van der Waals surface area contributed by atoms with Gasteiger partial charge in [0.25, 0.3) is 0 Å². The van der Waals surface area contributed by atoms with E-state index < -0.39 is 10.0 Å². The molecule has 8 heteroatoms. The highest BCUT2D eigenvalue weighted by molar-refractivity contribution is 7.89. The third kappa shape index (κ3) is 2.71. The first kappa shape index (κ1) is 16.0. The van der Waals surface area contributed by atoms with E-state index in [4.69, 9.17) is 11.6 Å². The Balaban J connectivity index is 1.73. The van der Waals surface area contributed by atoms with Gasteiger partial charge < -0.3 is 0 Å². The first-order chi connectivity index (χ1) is 11.6. The number of pyridine rings is 1. The van der Waals surface area contributed by atoms with E-state index in [2.05, 4.69) is 9.97 Å². The van der Waals surface area contributed by atoms with Crippen LogP contribution in [0, 0.1) is 0 Å². The summed E-state index contributed by atoms with van der Waals surface area (Å²) in [5.74, 6) is 0. The maximum Gasteiger partial charge on any atom is 0.245 e. The maximum absolute atomic E-state index is 13.0. The molecule has 0 aliphatic carbocycles. The van der Waals surface area contributed by atoms with Crippen LogP contribution in [0.25, 0.3) is 10.2 Å². The summed E-state index contributed by atoms with van der Waals surface area (Å²) >= 11 is 7.32. The highest BCUT2D eigenvalue weighted by Crippen LogP contribution is 2.39. The largest absolute Gasteiger partial charge is 0.245 e. The topological polar surface area (TPSA) is 63.2 Å². The molecule has 3 aromatic rings. The quantitative estimate of drug-likeness (QED) is 0.648. The lowest BCUT2D eigenvalue weighted by molar-refractivity contribution is 0.396. The average molecular weight is 380 g/mol. The van der Waals surface area contributed by atoms with E-state index in [1.807, 2.05) is 24.3 Å². The molecule has 2 aromatic heterocycles. The molecule has 3 heterocycles. The zero-order valence-corrected chi connectivity index (χ0v) is 15.0. The third-order valence-electron chi connectivity index (χ3n) is 4.11. The van der Waals surface area contributed by atoms with Crippen LogP contribution in [0.2, 0.25) is 5.15 Å². The number of para-hydroxylation sites is 1. The minimum absolute atomic E-state index is 0.167. The smallest absolute Gasteiger partial charge is 0.243 e. The second-order valence-electron chi connectivity index (χ2n) is 5.61. The lowest BCUT2D eigenvalue weighted by Crippen LogP contribution is -2.30. The number of benzene rings is 1. The third-order valence-corrected chi connectivity index (χ3v) is 7.36. The van der Waals surface area contributed by atoms with Gasteiger partial charge in [0.1, 0.15) is 15.1 Å². The SMILES string of the molecule is O=S(=O)(c1ccc(Cl)nc1)N1CCCC1c1nc2ccccc2s1. The summed E-state index contributed by atoms with van der Waals surface area (Å²) in [6, 6.07) is 10.6. The van der Waals surface area contributed by atoms with Gasteiger partial charge in [0.05, 0.1) is 16.3 Å². The van der Waals surface area contributed by atoms with E-state index in [-0.39, 0.29) is 16.1 Å². The van der Waals surface area contributed by atoms with Crippen LogP contribution < -0.4 is 0 Å².